The van der Waals surface area contributed by atoms with Crippen molar-refractivity contribution in [2.24, 2.45) is 0 Å². The van der Waals surface area contributed by atoms with Crippen LogP contribution in [0.3, 0.4) is 0 Å². The van der Waals surface area contributed by atoms with Crippen LogP contribution >= 0.6 is 0 Å². The summed E-state index contributed by atoms with van der Waals surface area (Å²) in [7, 11) is 0. The van der Waals surface area contributed by atoms with Gasteiger partial charge in [-0.2, -0.15) is 8.78 Å². The van der Waals surface area contributed by atoms with E-state index in [0.717, 1.165) is 5.56 Å². The first-order valence-corrected chi connectivity index (χ1v) is 4.98. The zero-order valence-electron chi connectivity index (χ0n) is 8.45. The SMILES string of the molecule is O=C(NC1CCOc2ccccc21)C(F)F. The Morgan fingerprint density at radius 3 is 2.94 bits per heavy atom. The molecule has 0 saturated carbocycles. The molecular weight excluding hydrogens is 216 g/mol. The minimum absolute atomic E-state index is 0.383. The maximum absolute atomic E-state index is 12.1. The Bertz CT molecular complexity index is 395. The smallest absolute Gasteiger partial charge is 0.315 e. The molecule has 0 spiro atoms. The summed E-state index contributed by atoms with van der Waals surface area (Å²) in [5.74, 6) is -0.588. The number of alkyl halides is 2. The van der Waals surface area contributed by atoms with Crippen molar-refractivity contribution in [1.82, 2.24) is 5.32 Å². The lowest BCUT2D eigenvalue weighted by Gasteiger charge is -2.26. The maximum atomic E-state index is 12.1. The number of hydrogen-bond acceptors (Lipinski definition) is 2. The van der Waals surface area contributed by atoms with Crippen molar-refractivity contribution < 1.29 is 18.3 Å². The predicted molar refractivity (Wildman–Crippen MR) is 53.4 cm³/mol. The fourth-order valence-electron chi connectivity index (χ4n) is 1.73. The number of carbonyl (C=O) groups is 1. The fraction of sp³-hybridized carbons (Fsp3) is 0.364. The Morgan fingerprint density at radius 2 is 2.19 bits per heavy atom. The Kier molecular flexibility index (Phi) is 3.03. The molecule has 0 saturated heterocycles. The quantitative estimate of drug-likeness (QED) is 0.837. The molecule has 1 N–H and O–H groups in total. The summed E-state index contributed by atoms with van der Waals surface area (Å²) < 4.78 is 29.6. The topological polar surface area (TPSA) is 38.3 Å². The number of carbonyl (C=O) groups excluding carboxylic acids is 1. The number of nitrogens with one attached hydrogen (secondary N) is 1. The molecule has 1 aliphatic rings. The largest absolute Gasteiger partial charge is 0.493 e. The maximum Gasteiger partial charge on any atom is 0.315 e. The van der Waals surface area contributed by atoms with Gasteiger partial charge in [-0.1, -0.05) is 18.2 Å². The highest BCUT2D eigenvalue weighted by Crippen LogP contribution is 2.31. The molecule has 86 valence electrons. The van der Waals surface area contributed by atoms with Gasteiger partial charge < -0.3 is 10.1 Å². The Labute approximate surface area is 91.4 Å². The first-order chi connectivity index (χ1) is 7.68. The molecule has 0 fully saturated rings. The van der Waals surface area contributed by atoms with E-state index in [1.807, 2.05) is 0 Å². The highest BCUT2D eigenvalue weighted by Gasteiger charge is 2.25. The molecule has 5 heteroatoms. The lowest BCUT2D eigenvalue weighted by atomic mass is 10.0. The van der Waals surface area contributed by atoms with Crippen LogP contribution in [0.2, 0.25) is 0 Å². The minimum atomic E-state index is -2.98. The lowest BCUT2D eigenvalue weighted by molar-refractivity contribution is -0.132. The van der Waals surface area contributed by atoms with Crippen molar-refractivity contribution in [3.05, 3.63) is 29.8 Å². The molecule has 2 rings (SSSR count). The molecule has 1 heterocycles. The van der Waals surface area contributed by atoms with E-state index in [-0.39, 0.29) is 6.04 Å². The van der Waals surface area contributed by atoms with Gasteiger partial charge in [0.25, 0.3) is 5.91 Å². The highest BCUT2D eigenvalue weighted by molar-refractivity contribution is 5.79. The second-order valence-electron chi connectivity index (χ2n) is 3.54. The number of para-hydroxylation sites is 1. The van der Waals surface area contributed by atoms with Gasteiger partial charge in [-0.15, -0.1) is 0 Å². The number of halogens is 2. The molecule has 0 aromatic heterocycles. The standard InChI is InChI=1S/C11H11F2NO2/c12-10(13)11(15)14-8-5-6-16-9-4-2-1-3-7(8)9/h1-4,8,10H,5-6H2,(H,14,15). The van der Waals surface area contributed by atoms with Gasteiger partial charge in [0.2, 0.25) is 0 Å². The van der Waals surface area contributed by atoms with Crippen LogP contribution in [0.4, 0.5) is 8.78 Å². The number of hydrogen-bond donors (Lipinski definition) is 1. The highest BCUT2D eigenvalue weighted by atomic mass is 19.3. The number of rotatable bonds is 2. The number of ether oxygens (including phenoxy) is 1. The van der Waals surface area contributed by atoms with Gasteiger partial charge in [-0.05, 0) is 6.07 Å². The summed E-state index contributed by atoms with van der Waals surface area (Å²) in [6, 6.07) is 6.73. The van der Waals surface area contributed by atoms with Crippen LogP contribution in [0.1, 0.15) is 18.0 Å². The molecule has 1 amide bonds. The second-order valence-corrected chi connectivity index (χ2v) is 3.54. The van der Waals surface area contributed by atoms with Crippen molar-refractivity contribution in [1.29, 1.82) is 0 Å². The zero-order chi connectivity index (χ0) is 11.5. The number of amides is 1. The monoisotopic (exact) mass is 227 g/mol. The van der Waals surface area contributed by atoms with Crippen molar-refractivity contribution in [3.8, 4) is 5.75 Å². The Morgan fingerprint density at radius 1 is 1.44 bits per heavy atom. The Hall–Kier alpha value is -1.65. The number of fused-ring (bicyclic) bond motifs is 1. The van der Waals surface area contributed by atoms with Gasteiger partial charge >= 0.3 is 6.43 Å². The minimum Gasteiger partial charge on any atom is -0.493 e. The third-order valence-electron chi connectivity index (χ3n) is 2.47. The van der Waals surface area contributed by atoms with E-state index >= 15 is 0 Å². The summed E-state index contributed by atoms with van der Waals surface area (Å²) in [5.41, 5.74) is 0.753. The van der Waals surface area contributed by atoms with E-state index in [1.54, 1.807) is 24.3 Å². The van der Waals surface area contributed by atoms with Crippen LogP contribution < -0.4 is 10.1 Å². The normalized spacial score (nSPS) is 18.8. The van der Waals surface area contributed by atoms with Gasteiger partial charge in [-0.3, -0.25) is 4.79 Å². The number of benzene rings is 1. The third-order valence-corrected chi connectivity index (χ3v) is 2.47. The van der Waals surface area contributed by atoms with Crippen molar-refractivity contribution in [2.45, 2.75) is 18.9 Å². The molecule has 1 aromatic carbocycles. The van der Waals surface area contributed by atoms with Gasteiger partial charge in [0.15, 0.2) is 0 Å². The molecule has 3 nitrogen and oxygen atoms in total. The van der Waals surface area contributed by atoms with Crippen LogP contribution in [0, 0.1) is 0 Å². The van der Waals surface area contributed by atoms with Crippen molar-refractivity contribution in [2.75, 3.05) is 6.61 Å². The molecule has 16 heavy (non-hydrogen) atoms. The molecule has 1 unspecified atom stereocenters. The summed E-state index contributed by atoms with van der Waals surface area (Å²) in [5, 5.41) is 2.31. The molecule has 1 atom stereocenters. The van der Waals surface area contributed by atoms with Gasteiger partial charge in [0, 0.05) is 12.0 Å². The summed E-state index contributed by atoms with van der Waals surface area (Å²) >= 11 is 0. The first-order valence-electron chi connectivity index (χ1n) is 4.98. The summed E-state index contributed by atoms with van der Waals surface area (Å²) in [6.45, 7) is 0.422. The van der Waals surface area contributed by atoms with Crippen molar-refractivity contribution in [3.63, 3.8) is 0 Å². The summed E-state index contributed by atoms with van der Waals surface area (Å²) in [6.07, 6.45) is -2.47. The fourth-order valence-corrected chi connectivity index (χ4v) is 1.73. The van der Waals surface area contributed by atoms with Crippen LogP contribution in [-0.4, -0.2) is 18.9 Å². The average Bonchev–Trinajstić information content (AvgIpc) is 2.29. The van der Waals surface area contributed by atoms with E-state index in [2.05, 4.69) is 5.32 Å². The van der Waals surface area contributed by atoms with Crippen molar-refractivity contribution >= 4 is 5.91 Å². The molecule has 0 radical (unpaired) electrons. The van der Waals surface area contributed by atoms with E-state index < -0.39 is 12.3 Å². The van der Waals surface area contributed by atoms with Crippen LogP contribution in [0.5, 0.6) is 5.75 Å². The van der Waals surface area contributed by atoms with E-state index in [0.29, 0.717) is 18.8 Å². The van der Waals surface area contributed by atoms with Crippen LogP contribution in [0.15, 0.2) is 24.3 Å². The second kappa shape index (κ2) is 4.47. The average molecular weight is 227 g/mol. The van der Waals surface area contributed by atoms with Gasteiger partial charge in [0.1, 0.15) is 5.75 Å². The molecule has 0 aliphatic carbocycles. The molecule has 1 aliphatic heterocycles. The third kappa shape index (κ3) is 2.13. The van der Waals surface area contributed by atoms with E-state index in [1.165, 1.54) is 0 Å². The van der Waals surface area contributed by atoms with E-state index in [9.17, 15) is 13.6 Å². The van der Waals surface area contributed by atoms with Gasteiger partial charge in [-0.25, -0.2) is 0 Å². The zero-order valence-corrected chi connectivity index (χ0v) is 8.45. The van der Waals surface area contributed by atoms with Crippen LogP contribution in [-0.2, 0) is 4.79 Å². The molecular formula is C11H11F2NO2. The Balaban J connectivity index is 2.16. The van der Waals surface area contributed by atoms with Gasteiger partial charge in [0.05, 0.1) is 12.6 Å². The first kappa shape index (κ1) is 10.9. The summed E-state index contributed by atoms with van der Waals surface area (Å²) in [4.78, 5) is 10.9. The molecule has 0 bridgehead atoms. The molecule has 1 aromatic rings. The van der Waals surface area contributed by atoms with E-state index in [4.69, 9.17) is 4.74 Å². The van der Waals surface area contributed by atoms with Crippen LogP contribution in [0.25, 0.3) is 0 Å². The predicted octanol–water partition coefficient (Wildman–Crippen LogP) is 1.89. The lowest BCUT2D eigenvalue weighted by Crippen LogP contribution is -2.35.